The molecule has 2 nitrogen and oxygen atoms in total. The Morgan fingerprint density at radius 1 is 1.47 bits per heavy atom. The third-order valence-corrected chi connectivity index (χ3v) is 4.95. The van der Waals surface area contributed by atoms with Gasteiger partial charge in [0.15, 0.2) is 0 Å². The van der Waals surface area contributed by atoms with E-state index in [1.54, 1.807) is 11.3 Å². The van der Waals surface area contributed by atoms with Crippen LogP contribution in [-0.2, 0) is 6.42 Å². The Labute approximate surface area is 94.9 Å². The summed E-state index contributed by atoms with van der Waals surface area (Å²) in [5, 5.41) is 3.34. The van der Waals surface area contributed by atoms with Gasteiger partial charge in [0.25, 0.3) is 0 Å². The Hall–Kier alpha value is -0.410. The van der Waals surface area contributed by atoms with Gasteiger partial charge in [-0.3, -0.25) is 0 Å². The summed E-state index contributed by atoms with van der Waals surface area (Å²) < 4.78 is 0. The van der Waals surface area contributed by atoms with E-state index in [1.807, 2.05) is 0 Å². The molecule has 2 saturated carbocycles. The summed E-state index contributed by atoms with van der Waals surface area (Å²) >= 11 is 1.76. The van der Waals surface area contributed by atoms with Crippen LogP contribution in [0.15, 0.2) is 5.38 Å². The molecule has 2 N–H and O–H groups in total. The zero-order valence-electron chi connectivity index (χ0n) is 9.15. The molecule has 2 aliphatic rings. The van der Waals surface area contributed by atoms with Crippen LogP contribution in [0.25, 0.3) is 0 Å². The van der Waals surface area contributed by atoms with E-state index in [1.165, 1.54) is 24.3 Å². The first-order valence-electron chi connectivity index (χ1n) is 5.89. The molecule has 2 aliphatic carbocycles. The van der Waals surface area contributed by atoms with Gasteiger partial charge in [0.2, 0.25) is 0 Å². The van der Waals surface area contributed by atoms with E-state index in [0.717, 1.165) is 29.9 Å². The topological polar surface area (TPSA) is 38.9 Å². The van der Waals surface area contributed by atoms with Crippen molar-refractivity contribution in [3.05, 3.63) is 16.1 Å². The molecule has 3 unspecified atom stereocenters. The van der Waals surface area contributed by atoms with Gasteiger partial charge in [-0.1, -0.05) is 0 Å². The summed E-state index contributed by atoms with van der Waals surface area (Å²) in [6, 6.07) is 0.350. The number of aryl methyl sites for hydroxylation is 1. The molecule has 1 aromatic heterocycles. The van der Waals surface area contributed by atoms with E-state index in [9.17, 15) is 0 Å². The number of fused-ring (bicyclic) bond motifs is 1. The zero-order chi connectivity index (χ0) is 10.4. The first-order chi connectivity index (χ1) is 7.22. The van der Waals surface area contributed by atoms with Gasteiger partial charge in [-0.15, -0.1) is 11.3 Å². The van der Waals surface area contributed by atoms with Crippen LogP contribution in [0, 0.1) is 24.7 Å². The number of aromatic nitrogens is 1. The fourth-order valence-corrected chi connectivity index (χ4v) is 3.82. The van der Waals surface area contributed by atoms with Gasteiger partial charge in [-0.2, -0.15) is 0 Å². The molecule has 1 heterocycles. The Morgan fingerprint density at radius 2 is 2.20 bits per heavy atom. The highest BCUT2D eigenvalue weighted by Crippen LogP contribution is 2.55. The summed E-state index contributed by atoms with van der Waals surface area (Å²) in [5.41, 5.74) is 7.41. The van der Waals surface area contributed by atoms with Crippen LogP contribution < -0.4 is 5.73 Å². The number of rotatable bonds is 3. The van der Waals surface area contributed by atoms with Gasteiger partial charge in [0.1, 0.15) is 0 Å². The SMILES string of the molecule is Cc1csc(CC(N)C2CC3CC3C2)n1. The van der Waals surface area contributed by atoms with Crippen molar-refractivity contribution >= 4 is 11.3 Å². The Balaban J connectivity index is 1.58. The molecular formula is C12H18N2S. The van der Waals surface area contributed by atoms with Crippen LogP contribution in [0.4, 0.5) is 0 Å². The molecule has 3 atom stereocenters. The minimum Gasteiger partial charge on any atom is -0.327 e. The maximum Gasteiger partial charge on any atom is 0.0943 e. The molecule has 0 aliphatic heterocycles. The van der Waals surface area contributed by atoms with E-state index >= 15 is 0 Å². The second-order valence-corrected chi connectivity index (χ2v) is 6.18. The van der Waals surface area contributed by atoms with E-state index in [4.69, 9.17) is 5.73 Å². The van der Waals surface area contributed by atoms with Gasteiger partial charge in [-0.25, -0.2) is 4.98 Å². The van der Waals surface area contributed by atoms with Crippen LogP contribution in [-0.4, -0.2) is 11.0 Å². The Morgan fingerprint density at radius 3 is 2.80 bits per heavy atom. The molecule has 0 spiro atoms. The molecular weight excluding hydrogens is 204 g/mol. The van der Waals surface area contributed by atoms with Crippen LogP contribution >= 0.6 is 11.3 Å². The maximum absolute atomic E-state index is 6.27. The third-order valence-electron chi connectivity index (χ3n) is 3.96. The van der Waals surface area contributed by atoms with Crippen LogP contribution in [0.1, 0.15) is 30.0 Å². The van der Waals surface area contributed by atoms with Crippen molar-refractivity contribution in [2.75, 3.05) is 0 Å². The van der Waals surface area contributed by atoms with Crippen molar-refractivity contribution in [1.29, 1.82) is 0 Å². The zero-order valence-corrected chi connectivity index (χ0v) is 9.96. The Kier molecular flexibility index (Phi) is 2.33. The highest BCUT2D eigenvalue weighted by Gasteiger charge is 2.47. The van der Waals surface area contributed by atoms with Gasteiger partial charge in [0.05, 0.1) is 5.01 Å². The lowest BCUT2D eigenvalue weighted by molar-refractivity contribution is 0.392. The summed E-state index contributed by atoms with van der Waals surface area (Å²) in [6.07, 6.45) is 5.24. The summed E-state index contributed by atoms with van der Waals surface area (Å²) in [7, 11) is 0. The lowest BCUT2D eigenvalue weighted by Crippen LogP contribution is -2.31. The molecule has 82 valence electrons. The van der Waals surface area contributed by atoms with Crippen LogP contribution in [0.2, 0.25) is 0 Å². The molecule has 0 amide bonds. The first kappa shape index (κ1) is 9.79. The highest BCUT2D eigenvalue weighted by atomic mass is 32.1. The van der Waals surface area contributed by atoms with Crippen molar-refractivity contribution in [1.82, 2.24) is 4.98 Å². The second kappa shape index (κ2) is 3.56. The van der Waals surface area contributed by atoms with Crippen LogP contribution in [0.3, 0.4) is 0 Å². The van der Waals surface area contributed by atoms with E-state index in [0.29, 0.717) is 6.04 Å². The van der Waals surface area contributed by atoms with Crippen molar-refractivity contribution in [2.45, 2.75) is 38.6 Å². The van der Waals surface area contributed by atoms with E-state index in [2.05, 4.69) is 17.3 Å². The standard InChI is InChI=1S/C12H18N2S/c1-7-6-15-12(14-7)5-11(13)10-3-8-2-9(8)4-10/h6,8-11H,2-5,13H2,1H3. The second-order valence-electron chi connectivity index (χ2n) is 5.24. The fourth-order valence-electron chi connectivity index (χ4n) is 2.98. The van der Waals surface area contributed by atoms with Gasteiger partial charge in [0, 0.05) is 23.5 Å². The lowest BCUT2D eigenvalue weighted by Gasteiger charge is -2.19. The fraction of sp³-hybridized carbons (Fsp3) is 0.750. The normalized spacial score (nSPS) is 35.2. The van der Waals surface area contributed by atoms with E-state index in [-0.39, 0.29) is 0 Å². The Bertz CT molecular complexity index is 350. The molecule has 0 bridgehead atoms. The largest absolute Gasteiger partial charge is 0.327 e. The molecule has 15 heavy (non-hydrogen) atoms. The quantitative estimate of drug-likeness (QED) is 0.852. The summed E-state index contributed by atoms with van der Waals surface area (Å²) in [5.74, 6) is 2.86. The molecule has 1 aromatic rings. The molecule has 0 aromatic carbocycles. The number of nitrogens with zero attached hydrogens (tertiary/aromatic N) is 1. The number of thiazole rings is 1. The summed E-state index contributed by atoms with van der Waals surface area (Å²) in [4.78, 5) is 4.49. The minimum atomic E-state index is 0.350. The average Bonchev–Trinajstić information content (AvgIpc) is 2.61. The van der Waals surface area contributed by atoms with E-state index < -0.39 is 0 Å². The third kappa shape index (κ3) is 1.95. The van der Waals surface area contributed by atoms with Crippen molar-refractivity contribution in [2.24, 2.45) is 23.5 Å². The molecule has 3 rings (SSSR count). The number of hydrogen-bond donors (Lipinski definition) is 1. The van der Waals surface area contributed by atoms with Gasteiger partial charge >= 0.3 is 0 Å². The number of nitrogens with two attached hydrogens (primary N) is 1. The maximum atomic E-state index is 6.27. The summed E-state index contributed by atoms with van der Waals surface area (Å²) in [6.45, 7) is 2.05. The predicted molar refractivity (Wildman–Crippen MR) is 62.9 cm³/mol. The van der Waals surface area contributed by atoms with Crippen molar-refractivity contribution in [3.8, 4) is 0 Å². The molecule has 0 saturated heterocycles. The highest BCUT2D eigenvalue weighted by molar-refractivity contribution is 7.09. The minimum absolute atomic E-state index is 0.350. The molecule has 2 fully saturated rings. The smallest absolute Gasteiger partial charge is 0.0943 e. The molecule has 0 radical (unpaired) electrons. The van der Waals surface area contributed by atoms with Crippen molar-refractivity contribution < 1.29 is 0 Å². The van der Waals surface area contributed by atoms with Crippen LogP contribution in [0.5, 0.6) is 0 Å². The monoisotopic (exact) mass is 222 g/mol. The lowest BCUT2D eigenvalue weighted by atomic mass is 9.93. The predicted octanol–water partition coefficient (Wildman–Crippen LogP) is 2.37. The van der Waals surface area contributed by atoms with Gasteiger partial charge < -0.3 is 5.73 Å². The first-order valence-corrected chi connectivity index (χ1v) is 6.77. The van der Waals surface area contributed by atoms with Gasteiger partial charge in [-0.05, 0) is 43.9 Å². The number of hydrogen-bond acceptors (Lipinski definition) is 3. The van der Waals surface area contributed by atoms with Crippen molar-refractivity contribution in [3.63, 3.8) is 0 Å². The average molecular weight is 222 g/mol. The molecule has 3 heteroatoms.